The summed E-state index contributed by atoms with van der Waals surface area (Å²) in [6.07, 6.45) is 11.1. The molecule has 0 aromatic heterocycles. The van der Waals surface area contributed by atoms with E-state index in [0.29, 0.717) is 6.04 Å². The molecule has 1 N–H and O–H groups in total. The number of hydrogen-bond donors (Lipinski definition) is 1. The van der Waals surface area contributed by atoms with E-state index in [1.807, 2.05) is 0 Å². The number of piperidine rings is 1. The van der Waals surface area contributed by atoms with Crippen molar-refractivity contribution >= 4 is 0 Å². The lowest BCUT2D eigenvalue weighted by atomic mass is 10.0. The molecule has 2 heteroatoms. The van der Waals surface area contributed by atoms with Crippen molar-refractivity contribution in [3.8, 4) is 0 Å². The van der Waals surface area contributed by atoms with E-state index < -0.39 is 0 Å². The minimum atomic E-state index is 0.713. The van der Waals surface area contributed by atoms with Crippen molar-refractivity contribution in [1.29, 1.82) is 0 Å². The molecule has 1 saturated heterocycles. The van der Waals surface area contributed by atoms with Gasteiger partial charge in [-0.25, -0.2) is 0 Å². The fraction of sp³-hybridized carbons (Fsp3) is 1.00. The lowest BCUT2D eigenvalue weighted by molar-refractivity contribution is 0.198. The lowest BCUT2D eigenvalue weighted by Gasteiger charge is -2.33. The highest BCUT2D eigenvalue weighted by Crippen LogP contribution is 2.12. The van der Waals surface area contributed by atoms with Gasteiger partial charge >= 0.3 is 0 Å². The van der Waals surface area contributed by atoms with Crippen LogP contribution in [-0.4, -0.2) is 36.6 Å². The molecule has 1 aliphatic rings. The van der Waals surface area contributed by atoms with E-state index in [1.165, 1.54) is 71.0 Å². The molecule has 1 rings (SSSR count). The van der Waals surface area contributed by atoms with Gasteiger partial charge in [-0.05, 0) is 45.8 Å². The number of nitrogens with zero attached hydrogens (tertiary/aromatic N) is 1. The molecule has 2 nitrogen and oxygen atoms in total. The van der Waals surface area contributed by atoms with E-state index >= 15 is 0 Å². The van der Waals surface area contributed by atoms with Crippen molar-refractivity contribution in [1.82, 2.24) is 10.2 Å². The molecule has 0 aromatic carbocycles. The number of nitrogens with one attached hydrogen (secondary N) is 1. The molecular formula is C16H34N2. The summed E-state index contributed by atoms with van der Waals surface area (Å²) in [5, 5.41) is 3.83. The fourth-order valence-corrected chi connectivity index (χ4v) is 2.96. The highest BCUT2D eigenvalue weighted by atomic mass is 15.1. The molecule has 1 fully saturated rings. The van der Waals surface area contributed by atoms with Crippen LogP contribution in [0.25, 0.3) is 0 Å². The van der Waals surface area contributed by atoms with Crippen LogP contribution in [0.4, 0.5) is 0 Å². The molecule has 18 heavy (non-hydrogen) atoms. The zero-order valence-corrected chi connectivity index (χ0v) is 12.9. The zero-order chi connectivity index (χ0) is 13.2. The van der Waals surface area contributed by atoms with Gasteiger partial charge in [-0.1, -0.05) is 46.0 Å². The second-order valence-electron chi connectivity index (χ2n) is 5.98. The topological polar surface area (TPSA) is 15.3 Å². The molecule has 108 valence electrons. The van der Waals surface area contributed by atoms with Crippen LogP contribution in [0, 0.1) is 0 Å². The van der Waals surface area contributed by atoms with Gasteiger partial charge in [0.05, 0.1) is 0 Å². The van der Waals surface area contributed by atoms with Crippen LogP contribution in [-0.2, 0) is 0 Å². The summed E-state index contributed by atoms with van der Waals surface area (Å²) < 4.78 is 0. The van der Waals surface area contributed by atoms with Crippen LogP contribution < -0.4 is 5.32 Å². The second-order valence-corrected chi connectivity index (χ2v) is 5.98. The number of likely N-dealkylation sites (tertiary alicyclic amines) is 1. The second kappa shape index (κ2) is 9.80. The summed E-state index contributed by atoms with van der Waals surface area (Å²) in [4.78, 5) is 2.56. The first-order valence-corrected chi connectivity index (χ1v) is 8.24. The van der Waals surface area contributed by atoms with E-state index in [-0.39, 0.29) is 0 Å². The molecule has 0 amide bonds. The Morgan fingerprint density at radius 3 is 2.33 bits per heavy atom. The Bertz CT molecular complexity index is 186. The maximum absolute atomic E-state index is 3.83. The SMILES string of the molecule is CCCCCCCC(C)NC1CCN(CC)CC1. The predicted molar refractivity (Wildman–Crippen MR) is 81.1 cm³/mol. The van der Waals surface area contributed by atoms with Crippen LogP contribution in [0.3, 0.4) is 0 Å². The van der Waals surface area contributed by atoms with Crippen molar-refractivity contribution in [2.45, 2.75) is 84.2 Å². The average Bonchev–Trinajstić information content (AvgIpc) is 2.39. The third-order valence-electron chi connectivity index (χ3n) is 4.30. The maximum atomic E-state index is 3.83. The number of rotatable bonds is 9. The standard InChI is InChI=1S/C16H34N2/c1-4-6-7-8-9-10-15(3)17-16-11-13-18(5-2)14-12-16/h15-17H,4-14H2,1-3H3. The normalized spacial score (nSPS) is 20.2. The Kier molecular flexibility index (Phi) is 8.70. The third kappa shape index (κ3) is 6.75. The first kappa shape index (κ1) is 16.0. The van der Waals surface area contributed by atoms with Crippen LogP contribution in [0.5, 0.6) is 0 Å². The minimum absolute atomic E-state index is 0.713. The van der Waals surface area contributed by atoms with E-state index in [2.05, 4.69) is 31.0 Å². The van der Waals surface area contributed by atoms with Crippen molar-refractivity contribution in [2.24, 2.45) is 0 Å². The van der Waals surface area contributed by atoms with E-state index in [4.69, 9.17) is 0 Å². The summed E-state index contributed by atoms with van der Waals surface area (Å²) in [6.45, 7) is 10.7. The summed E-state index contributed by atoms with van der Waals surface area (Å²) in [5.74, 6) is 0. The molecule has 0 aromatic rings. The molecule has 0 saturated carbocycles. The molecule has 0 aliphatic carbocycles. The highest BCUT2D eigenvalue weighted by Gasteiger charge is 2.18. The molecule has 1 unspecified atom stereocenters. The van der Waals surface area contributed by atoms with Gasteiger partial charge in [0.25, 0.3) is 0 Å². The first-order valence-electron chi connectivity index (χ1n) is 8.24. The van der Waals surface area contributed by atoms with Gasteiger partial charge in [0.1, 0.15) is 0 Å². The molecular weight excluding hydrogens is 220 g/mol. The average molecular weight is 254 g/mol. The molecule has 0 spiro atoms. The minimum Gasteiger partial charge on any atom is -0.311 e. The molecule has 0 bridgehead atoms. The van der Waals surface area contributed by atoms with Crippen molar-refractivity contribution < 1.29 is 0 Å². The van der Waals surface area contributed by atoms with E-state index in [9.17, 15) is 0 Å². The smallest absolute Gasteiger partial charge is 0.00938 e. The summed E-state index contributed by atoms with van der Waals surface area (Å²) in [6, 6.07) is 1.49. The maximum Gasteiger partial charge on any atom is 0.00938 e. The van der Waals surface area contributed by atoms with Gasteiger partial charge < -0.3 is 10.2 Å². The predicted octanol–water partition coefficient (Wildman–Crippen LogP) is 3.81. The summed E-state index contributed by atoms with van der Waals surface area (Å²) in [5.41, 5.74) is 0. The van der Waals surface area contributed by atoms with Gasteiger partial charge in [-0.15, -0.1) is 0 Å². The Morgan fingerprint density at radius 2 is 1.72 bits per heavy atom. The Morgan fingerprint density at radius 1 is 1.06 bits per heavy atom. The molecule has 1 atom stereocenters. The van der Waals surface area contributed by atoms with Gasteiger partial charge in [0, 0.05) is 12.1 Å². The van der Waals surface area contributed by atoms with Crippen molar-refractivity contribution in [2.75, 3.05) is 19.6 Å². The van der Waals surface area contributed by atoms with Crippen LogP contribution in [0.1, 0.15) is 72.1 Å². The largest absolute Gasteiger partial charge is 0.311 e. The van der Waals surface area contributed by atoms with Crippen molar-refractivity contribution in [3.63, 3.8) is 0 Å². The third-order valence-corrected chi connectivity index (χ3v) is 4.30. The van der Waals surface area contributed by atoms with E-state index in [0.717, 1.165) is 6.04 Å². The first-order chi connectivity index (χ1) is 8.76. The highest BCUT2D eigenvalue weighted by molar-refractivity contribution is 4.78. The quantitative estimate of drug-likeness (QED) is 0.629. The lowest BCUT2D eigenvalue weighted by Crippen LogP contribution is -2.45. The zero-order valence-electron chi connectivity index (χ0n) is 12.9. The molecule has 1 aliphatic heterocycles. The monoisotopic (exact) mass is 254 g/mol. The number of unbranched alkanes of at least 4 members (excludes halogenated alkanes) is 4. The Balaban J connectivity index is 2.00. The van der Waals surface area contributed by atoms with Gasteiger partial charge in [0.15, 0.2) is 0 Å². The van der Waals surface area contributed by atoms with Gasteiger partial charge in [-0.3, -0.25) is 0 Å². The summed E-state index contributed by atoms with van der Waals surface area (Å²) in [7, 11) is 0. The van der Waals surface area contributed by atoms with Crippen LogP contribution in [0.2, 0.25) is 0 Å². The summed E-state index contributed by atoms with van der Waals surface area (Å²) >= 11 is 0. The van der Waals surface area contributed by atoms with Crippen molar-refractivity contribution in [3.05, 3.63) is 0 Å². The van der Waals surface area contributed by atoms with Crippen LogP contribution >= 0.6 is 0 Å². The fourth-order valence-electron chi connectivity index (χ4n) is 2.96. The molecule has 1 heterocycles. The Labute approximate surface area is 115 Å². The number of hydrogen-bond acceptors (Lipinski definition) is 2. The van der Waals surface area contributed by atoms with E-state index in [1.54, 1.807) is 0 Å². The van der Waals surface area contributed by atoms with Gasteiger partial charge in [0.2, 0.25) is 0 Å². The van der Waals surface area contributed by atoms with Gasteiger partial charge in [-0.2, -0.15) is 0 Å². The Hall–Kier alpha value is -0.0800. The van der Waals surface area contributed by atoms with Crippen LogP contribution in [0.15, 0.2) is 0 Å². The molecule has 0 radical (unpaired) electrons.